The SMILES string of the molecule is CCO[C@H]1C[C@@H]2CC[C@@H]3[C@H]([C@H](NCCC(C)C)C[C@]4(C)[C@@H](C(=O)OC)CC[C@@H]34)[C@@]2(C)C[C@@H]1O.Cl. The molecule has 0 aliphatic heterocycles. The molecule has 0 spiro atoms. The van der Waals surface area contributed by atoms with Crippen LogP contribution in [0.2, 0.25) is 0 Å². The zero-order valence-corrected chi connectivity index (χ0v) is 23.2. The van der Waals surface area contributed by atoms with Crippen LogP contribution in [-0.4, -0.2) is 49.6 Å². The van der Waals surface area contributed by atoms with Crippen LogP contribution in [0.25, 0.3) is 0 Å². The third kappa shape index (κ3) is 4.80. The van der Waals surface area contributed by atoms with Gasteiger partial charge in [-0.05, 0) is 105 Å². The van der Waals surface area contributed by atoms with Crippen molar-refractivity contribution < 1.29 is 19.4 Å². The predicted molar refractivity (Wildman–Crippen MR) is 138 cm³/mol. The van der Waals surface area contributed by atoms with E-state index < -0.39 is 0 Å². The van der Waals surface area contributed by atoms with E-state index in [1.807, 2.05) is 6.92 Å². The Labute approximate surface area is 213 Å². The van der Waals surface area contributed by atoms with Gasteiger partial charge in [0.25, 0.3) is 0 Å². The fourth-order valence-corrected chi connectivity index (χ4v) is 9.12. The molecule has 0 unspecified atom stereocenters. The van der Waals surface area contributed by atoms with E-state index >= 15 is 0 Å². The summed E-state index contributed by atoms with van der Waals surface area (Å²) in [4.78, 5) is 12.8. The number of halogens is 1. The molecule has 34 heavy (non-hydrogen) atoms. The lowest BCUT2D eigenvalue weighted by molar-refractivity contribution is -0.181. The highest BCUT2D eigenvalue weighted by atomic mass is 35.5. The number of methoxy groups -OCH3 is 1. The average Bonchev–Trinajstić information content (AvgIpc) is 3.10. The van der Waals surface area contributed by atoms with Gasteiger partial charge in [0.1, 0.15) is 0 Å². The quantitative estimate of drug-likeness (QED) is 0.469. The smallest absolute Gasteiger partial charge is 0.309 e. The molecule has 4 aliphatic carbocycles. The van der Waals surface area contributed by atoms with Crippen LogP contribution >= 0.6 is 12.4 Å². The van der Waals surface area contributed by atoms with E-state index in [1.54, 1.807) is 7.11 Å². The van der Waals surface area contributed by atoms with Crippen molar-refractivity contribution in [1.29, 1.82) is 0 Å². The second-order valence-electron chi connectivity index (χ2n) is 12.7. The van der Waals surface area contributed by atoms with Gasteiger partial charge in [-0.15, -0.1) is 12.4 Å². The second-order valence-corrected chi connectivity index (χ2v) is 12.7. The Hall–Kier alpha value is -0.360. The van der Waals surface area contributed by atoms with Gasteiger partial charge in [0, 0.05) is 12.6 Å². The molecule has 5 nitrogen and oxygen atoms in total. The summed E-state index contributed by atoms with van der Waals surface area (Å²) in [6.07, 6.45) is 8.23. The Bertz CT molecular complexity index is 704. The van der Waals surface area contributed by atoms with Crippen LogP contribution in [0.1, 0.15) is 86.0 Å². The average molecular weight is 500 g/mol. The maximum atomic E-state index is 12.8. The monoisotopic (exact) mass is 499 g/mol. The van der Waals surface area contributed by atoms with Crippen LogP contribution in [0.5, 0.6) is 0 Å². The van der Waals surface area contributed by atoms with Gasteiger partial charge in [-0.3, -0.25) is 4.79 Å². The number of esters is 1. The Balaban J connectivity index is 0.00000324. The molecular formula is C28H50ClNO4. The van der Waals surface area contributed by atoms with Gasteiger partial charge in [0.15, 0.2) is 0 Å². The number of carbonyl (C=O) groups excluding carboxylic acids is 1. The molecule has 2 N–H and O–H groups in total. The molecule has 6 heteroatoms. The highest BCUT2D eigenvalue weighted by Crippen LogP contribution is 2.67. The van der Waals surface area contributed by atoms with Gasteiger partial charge < -0.3 is 19.9 Å². The Morgan fingerprint density at radius 1 is 1.12 bits per heavy atom. The van der Waals surface area contributed by atoms with E-state index in [0.29, 0.717) is 42.2 Å². The summed E-state index contributed by atoms with van der Waals surface area (Å²) in [5, 5.41) is 15.1. The molecular weight excluding hydrogens is 450 g/mol. The lowest BCUT2D eigenvalue weighted by Gasteiger charge is -2.64. The molecule has 4 saturated carbocycles. The zero-order chi connectivity index (χ0) is 24.0. The maximum Gasteiger partial charge on any atom is 0.309 e. The van der Waals surface area contributed by atoms with E-state index in [1.165, 1.54) is 19.3 Å². The zero-order valence-electron chi connectivity index (χ0n) is 22.3. The summed E-state index contributed by atoms with van der Waals surface area (Å²) in [7, 11) is 1.55. The standard InChI is InChI=1S/C28H49NO4.ClH/c1-7-33-24-14-18-8-9-19-20-10-11-21(26(31)32-6)28(20,5)15-22(29-13-12-17(2)3)25(19)27(18,4)16-23(24)30;/h17-25,29-30H,7-16H2,1-6H3;1H/t18-,19-,20-,21+,22+,23-,24-,25+,27-,28-;/m0./s1. The fourth-order valence-electron chi connectivity index (χ4n) is 9.12. The van der Waals surface area contributed by atoms with Crippen molar-refractivity contribution in [3.63, 3.8) is 0 Å². The van der Waals surface area contributed by atoms with Crippen molar-refractivity contribution in [2.75, 3.05) is 20.3 Å². The summed E-state index contributed by atoms with van der Waals surface area (Å²) < 4.78 is 11.2. The van der Waals surface area contributed by atoms with Crippen LogP contribution in [-0.2, 0) is 14.3 Å². The molecule has 0 amide bonds. The number of carbonyl (C=O) groups is 1. The minimum atomic E-state index is -0.374. The Morgan fingerprint density at radius 3 is 2.50 bits per heavy atom. The molecule has 0 radical (unpaired) electrons. The van der Waals surface area contributed by atoms with Crippen molar-refractivity contribution >= 4 is 18.4 Å². The number of aliphatic hydroxyl groups is 1. The first-order valence-electron chi connectivity index (χ1n) is 13.8. The molecule has 0 aromatic heterocycles. The summed E-state index contributed by atoms with van der Waals surface area (Å²) in [6, 6.07) is 0.392. The molecule has 4 rings (SSSR count). The van der Waals surface area contributed by atoms with Crippen molar-refractivity contribution in [2.45, 2.75) is 104 Å². The normalized spacial score (nSPS) is 45.6. The molecule has 10 atom stereocenters. The maximum absolute atomic E-state index is 12.8. The lowest BCUT2D eigenvalue weighted by Crippen LogP contribution is -2.64. The summed E-state index contributed by atoms with van der Waals surface area (Å²) in [5.41, 5.74) is 0.129. The van der Waals surface area contributed by atoms with Crippen LogP contribution in [0, 0.1) is 46.3 Å². The third-order valence-corrected chi connectivity index (χ3v) is 10.6. The van der Waals surface area contributed by atoms with Crippen LogP contribution < -0.4 is 5.32 Å². The van der Waals surface area contributed by atoms with E-state index in [0.717, 1.165) is 38.6 Å². The third-order valence-electron chi connectivity index (χ3n) is 10.6. The van der Waals surface area contributed by atoms with Gasteiger partial charge in [0.05, 0.1) is 25.2 Å². The van der Waals surface area contributed by atoms with Crippen molar-refractivity contribution in [2.24, 2.45) is 46.3 Å². The van der Waals surface area contributed by atoms with Gasteiger partial charge in [-0.25, -0.2) is 0 Å². The first-order chi connectivity index (χ1) is 15.7. The number of ether oxygens (including phenoxy) is 2. The van der Waals surface area contributed by atoms with Crippen LogP contribution in [0.15, 0.2) is 0 Å². The number of hydrogen-bond acceptors (Lipinski definition) is 5. The van der Waals surface area contributed by atoms with Crippen molar-refractivity contribution in [1.82, 2.24) is 5.32 Å². The molecule has 198 valence electrons. The highest BCUT2D eigenvalue weighted by Gasteiger charge is 2.65. The molecule has 4 aliphatic rings. The molecule has 4 fully saturated rings. The number of rotatable bonds is 7. The largest absolute Gasteiger partial charge is 0.469 e. The number of fused-ring (bicyclic) bond motifs is 5. The topological polar surface area (TPSA) is 67.8 Å². The fraction of sp³-hybridized carbons (Fsp3) is 0.964. The molecule has 0 aromatic rings. The van der Waals surface area contributed by atoms with Crippen LogP contribution in [0.3, 0.4) is 0 Å². The van der Waals surface area contributed by atoms with Gasteiger partial charge in [-0.2, -0.15) is 0 Å². The molecule has 0 bridgehead atoms. The summed E-state index contributed by atoms with van der Waals surface area (Å²) >= 11 is 0. The summed E-state index contributed by atoms with van der Waals surface area (Å²) in [6.45, 7) is 13.2. The molecule has 0 aromatic carbocycles. The summed E-state index contributed by atoms with van der Waals surface area (Å²) in [5.74, 6) is 3.04. The first kappa shape index (κ1) is 28.2. The minimum Gasteiger partial charge on any atom is -0.469 e. The number of nitrogens with one attached hydrogen (secondary N) is 1. The Kier molecular flexibility index (Phi) is 9.08. The number of aliphatic hydroxyl groups excluding tert-OH is 1. The van der Waals surface area contributed by atoms with E-state index in [9.17, 15) is 9.90 Å². The second kappa shape index (κ2) is 10.9. The minimum absolute atomic E-state index is 0. The Morgan fingerprint density at radius 2 is 1.85 bits per heavy atom. The van der Waals surface area contributed by atoms with Gasteiger partial charge in [-0.1, -0.05) is 27.7 Å². The van der Waals surface area contributed by atoms with Crippen molar-refractivity contribution in [3.05, 3.63) is 0 Å². The molecule has 0 heterocycles. The predicted octanol–water partition coefficient (Wildman–Crippen LogP) is 5.23. The van der Waals surface area contributed by atoms with Gasteiger partial charge in [0.2, 0.25) is 0 Å². The van der Waals surface area contributed by atoms with Gasteiger partial charge >= 0.3 is 5.97 Å². The molecule has 0 saturated heterocycles. The van der Waals surface area contributed by atoms with E-state index in [2.05, 4.69) is 33.0 Å². The van der Waals surface area contributed by atoms with Crippen molar-refractivity contribution in [3.8, 4) is 0 Å². The van der Waals surface area contributed by atoms with E-state index in [4.69, 9.17) is 9.47 Å². The lowest BCUT2D eigenvalue weighted by atomic mass is 9.43. The number of hydrogen-bond donors (Lipinski definition) is 2. The first-order valence-corrected chi connectivity index (χ1v) is 13.8. The van der Waals surface area contributed by atoms with E-state index in [-0.39, 0.29) is 47.3 Å². The van der Waals surface area contributed by atoms with Crippen LogP contribution in [0.4, 0.5) is 0 Å². The highest BCUT2D eigenvalue weighted by molar-refractivity contribution is 5.85.